The second-order valence-electron chi connectivity index (χ2n) is 6.01. The molecular formula is C18H25N3O4. The van der Waals surface area contributed by atoms with E-state index in [9.17, 15) is 9.90 Å². The molecule has 0 bridgehead atoms. The molecule has 0 spiro atoms. The summed E-state index contributed by atoms with van der Waals surface area (Å²) < 4.78 is 10.8. The molecule has 0 aliphatic carbocycles. The molecular weight excluding hydrogens is 322 g/mol. The Balaban J connectivity index is 1.83. The summed E-state index contributed by atoms with van der Waals surface area (Å²) in [4.78, 5) is 16.3. The summed E-state index contributed by atoms with van der Waals surface area (Å²) in [5.41, 5.74) is 0.473. The molecule has 7 nitrogen and oxygen atoms in total. The first-order valence-corrected chi connectivity index (χ1v) is 8.46. The summed E-state index contributed by atoms with van der Waals surface area (Å²) in [5, 5.41) is 18.6. The highest BCUT2D eigenvalue weighted by atomic mass is 16.5. The van der Waals surface area contributed by atoms with Gasteiger partial charge in [-0.2, -0.15) is 5.26 Å². The van der Waals surface area contributed by atoms with E-state index in [4.69, 9.17) is 14.7 Å². The molecule has 1 aromatic carbocycles. The minimum atomic E-state index is -0.311. The number of nitrogens with zero attached hydrogens (tertiary/aromatic N) is 3. The van der Waals surface area contributed by atoms with Gasteiger partial charge in [-0.3, -0.25) is 9.69 Å². The quantitative estimate of drug-likeness (QED) is 0.787. The number of nitriles is 1. The van der Waals surface area contributed by atoms with Gasteiger partial charge in [-0.15, -0.1) is 0 Å². The average Bonchev–Trinajstić information content (AvgIpc) is 2.66. The normalized spacial score (nSPS) is 16.2. The molecule has 1 aliphatic rings. The van der Waals surface area contributed by atoms with Gasteiger partial charge in [0.1, 0.15) is 0 Å². The molecule has 1 fully saturated rings. The number of carbonyl (C=O) groups excluding carboxylic acids is 1. The van der Waals surface area contributed by atoms with Gasteiger partial charge < -0.3 is 19.5 Å². The van der Waals surface area contributed by atoms with Gasteiger partial charge in [-0.05, 0) is 18.6 Å². The Labute approximate surface area is 148 Å². The molecule has 0 aromatic heterocycles. The highest BCUT2D eigenvalue weighted by molar-refractivity contribution is 5.78. The predicted molar refractivity (Wildman–Crippen MR) is 92.5 cm³/mol. The number of piperazine rings is 1. The van der Waals surface area contributed by atoms with Crippen LogP contribution in [-0.2, 0) is 4.79 Å². The molecule has 0 unspecified atom stereocenters. The number of hydrogen-bond donors (Lipinski definition) is 1. The third-order valence-electron chi connectivity index (χ3n) is 4.31. The highest BCUT2D eigenvalue weighted by Crippen LogP contribution is 2.27. The summed E-state index contributed by atoms with van der Waals surface area (Å²) in [5.74, 6) is 0.798. The largest absolute Gasteiger partial charge is 0.493 e. The number of benzene rings is 1. The molecule has 1 atom stereocenters. The molecule has 1 heterocycles. The molecule has 1 saturated heterocycles. The van der Waals surface area contributed by atoms with Crippen LogP contribution in [0.25, 0.3) is 0 Å². The maximum atomic E-state index is 12.3. The van der Waals surface area contributed by atoms with Crippen molar-refractivity contribution in [3.05, 3.63) is 23.8 Å². The fourth-order valence-corrected chi connectivity index (χ4v) is 2.69. The maximum absolute atomic E-state index is 12.3. The van der Waals surface area contributed by atoms with Crippen LogP contribution < -0.4 is 9.47 Å². The van der Waals surface area contributed by atoms with Crippen molar-refractivity contribution in [1.29, 1.82) is 5.26 Å². The molecule has 7 heteroatoms. The number of aliphatic hydroxyl groups is 1. The van der Waals surface area contributed by atoms with Gasteiger partial charge in [-0.25, -0.2) is 0 Å². The second-order valence-corrected chi connectivity index (χ2v) is 6.01. The lowest BCUT2D eigenvalue weighted by molar-refractivity contribution is -0.135. The summed E-state index contributed by atoms with van der Waals surface area (Å²) in [6.45, 7) is 5.30. The highest BCUT2D eigenvalue weighted by Gasteiger charge is 2.22. The Kier molecular flexibility index (Phi) is 7.04. The van der Waals surface area contributed by atoms with Crippen molar-refractivity contribution in [3.63, 3.8) is 0 Å². The van der Waals surface area contributed by atoms with Gasteiger partial charge in [0.05, 0.1) is 24.8 Å². The van der Waals surface area contributed by atoms with Gasteiger partial charge in [-0.1, -0.05) is 6.92 Å². The van der Waals surface area contributed by atoms with Crippen LogP contribution in [0.3, 0.4) is 0 Å². The smallest absolute Gasteiger partial charge is 0.260 e. The molecule has 1 N–H and O–H groups in total. The van der Waals surface area contributed by atoms with Crippen molar-refractivity contribution in [2.45, 2.75) is 19.4 Å². The SMILES string of the molecule is CC[C@H](O)CN1CCN(C(=O)COc2ccc(C#N)cc2OC)CC1. The van der Waals surface area contributed by atoms with Crippen molar-refractivity contribution in [2.24, 2.45) is 0 Å². The fraction of sp³-hybridized carbons (Fsp3) is 0.556. The minimum Gasteiger partial charge on any atom is -0.493 e. The summed E-state index contributed by atoms with van der Waals surface area (Å²) in [6.07, 6.45) is 0.425. The lowest BCUT2D eigenvalue weighted by Gasteiger charge is -2.35. The van der Waals surface area contributed by atoms with Crippen LogP contribution in [-0.4, -0.2) is 73.4 Å². The van der Waals surface area contributed by atoms with E-state index in [0.29, 0.717) is 36.7 Å². The van der Waals surface area contributed by atoms with Gasteiger partial charge in [0.25, 0.3) is 5.91 Å². The standard InChI is InChI=1S/C18H25N3O4/c1-3-15(22)12-20-6-8-21(9-7-20)18(23)13-25-16-5-4-14(11-19)10-17(16)24-2/h4-5,10,15,22H,3,6-9,12-13H2,1-2H3/t15-/m0/s1. The van der Waals surface area contributed by atoms with Crippen molar-refractivity contribution in [3.8, 4) is 17.6 Å². The Bertz CT molecular complexity index is 621. The predicted octanol–water partition coefficient (Wildman–Crippen LogP) is 0.861. The number of aliphatic hydroxyl groups excluding tert-OH is 1. The number of amides is 1. The van der Waals surface area contributed by atoms with Gasteiger partial charge in [0.2, 0.25) is 0 Å². The second kappa shape index (κ2) is 9.25. The van der Waals surface area contributed by atoms with E-state index in [1.807, 2.05) is 13.0 Å². The molecule has 136 valence electrons. The van der Waals surface area contributed by atoms with Crippen LogP contribution in [0.2, 0.25) is 0 Å². The zero-order chi connectivity index (χ0) is 18.2. The van der Waals surface area contributed by atoms with E-state index in [-0.39, 0.29) is 18.6 Å². The van der Waals surface area contributed by atoms with Crippen LogP contribution in [0.1, 0.15) is 18.9 Å². The lowest BCUT2D eigenvalue weighted by Crippen LogP contribution is -2.51. The molecule has 2 rings (SSSR count). The van der Waals surface area contributed by atoms with E-state index < -0.39 is 0 Å². The summed E-state index contributed by atoms with van der Waals surface area (Å²) in [7, 11) is 1.50. The fourth-order valence-electron chi connectivity index (χ4n) is 2.69. The average molecular weight is 347 g/mol. The Morgan fingerprint density at radius 3 is 2.64 bits per heavy atom. The van der Waals surface area contributed by atoms with E-state index in [1.54, 1.807) is 23.1 Å². The first kappa shape index (κ1) is 19.0. The Morgan fingerprint density at radius 2 is 2.04 bits per heavy atom. The molecule has 0 saturated carbocycles. The number of carbonyl (C=O) groups is 1. The van der Waals surface area contributed by atoms with Gasteiger partial charge in [0, 0.05) is 38.8 Å². The third kappa shape index (κ3) is 5.34. The lowest BCUT2D eigenvalue weighted by atomic mass is 10.2. The van der Waals surface area contributed by atoms with Crippen LogP contribution in [0.15, 0.2) is 18.2 Å². The summed E-state index contributed by atoms with van der Waals surface area (Å²) in [6, 6.07) is 6.87. The van der Waals surface area contributed by atoms with Crippen molar-refractivity contribution in [1.82, 2.24) is 9.80 Å². The van der Waals surface area contributed by atoms with Crippen molar-refractivity contribution in [2.75, 3.05) is 46.4 Å². The minimum absolute atomic E-state index is 0.0696. The maximum Gasteiger partial charge on any atom is 0.260 e. The number of β-amino-alcohol motifs (C(OH)–C–C–N with tert-alkyl or cyclic N) is 1. The van der Waals surface area contributed by atoms with Crippen LogP contribution in [0, 0.1) is 11.3 Å². The first-order chi connectivity index (χ1) is 12.1. The zero-order valence-electron chi connectivity index (χ0n) is 14.8. The monoisotopic (exact) mass is 347 g/mol. The van der Waals surface area contributed by atoms with Gasteiger partial charge >= 0.3 is 0 Å². The molecule has 1 aromatic rings. The molecule has 1 amide bonds. The third-order valence-corrected chi connectivity index (χ3v) is 4.31. The van der Waals surface area contributed by atoms with Crippen molar-refractivity contribution < 1.29 is 19.4 Å². The van der Waals surface area contributed by atoms with Crippen LogP contribution in [0.5, 0.6) is 11.5 Å². The van der Waals surface area contributed by atoms with E-state index in [0.717, 1.165) is 19.5 Å². The number of methoxy groups -OCH3 is 1. The first-order valence-electron chi connectivity index (χ1n) is 8.46. The van der Waals surface area contributed by atoms with Crippen molar-refractivity contribution >= 4 is 5.91 Å². The van der Waals surface area contributed by atoms with E-state index in [2.05, 4.69) is 4.90 Å². The van der Waals surface area contributed by atoms with Crippen LogP contribution in [0.4, 0.5) is 0 Å². The topological polar surface area (TPSA) is 86.0 Å². The number of hydrogen-bond acceptors (Lipinski definition) is 6. The molecule has 25 heavy (non-hydrogen) atoms. The number of rotatable bonds is 7. The van der Waals surface area contributed by atoms with Crippen LogP contribution >= 0.6 is 0 Å². The Hall–Kier alpha value is -2.30. The zero-order valence-corrected chi connectivity index (χ0v) is 14.8. The Morgan fingerprint density at radius 1 is 1.32 bits per heavy atom. The molecule has 0 radical (unpaired) electrons. The van der Waals surface area contributed by atoms with E-state index in [1.165, 1.54) is 7.11 Å². The van der Waals surface area contributed by atoms with Gasteiger partial charge in [0.15, 0.2) is 18.1 Å². The molecule has 1 aliphatic heterocycles. The summed E-state index contributed by atoms with van der Waals surface area (Å²) >= 11 is 0. The number of ether oxygens (including phenoxy) is 2. The van der Waals surface area contributed by atoms with E-state index >= 15 is 0 Å².